The van der Waals surface area contributed by atoms with Gasteiger partial charge in [-0.3, -0.25) is 9.78 Å². The molecule has 3 heterocycles. The summed E-state index contributed by atoms with van der Waals surface area (Å²) in [6.45, 7) is 3.31. The third-order valence-corrected chi connectivity index (χ3v) is 4.68. The van der Waals surface area contributed by atoms with Crippen molar-refractivity contribution in [1.29, 1.82) is 0 Å². The number of amides is 1. The predicted octanol–water partition coefficient (Wildman–Crippen LogP) is 3.52. The zero-order valence-corrected chi connectivity index (χ0v) is 13.8. The normalized spacial score (nSPS) is 14.0. The number of aryl methyl sites for hydroxylation is 1. The van der Waals surface area contributed by atoms with Crippen LogP contribution in [0.1, 0.15) is 12.0 Å². The van der Waals surface area contributed by atoms with E-state index in [9.17, 15) is 13.6 Å². The van der Waals surface area contributed by atoms with E-state index < -0.39 is 5.82 Å². The van der Waals surface area contributed by atoms with Gasteiger partial charge in [0.05, 0.1) is 5.52 Å². The van der Waals surface area contributed by atoms with E-state index in [0.29, 0.717) is 11.1 Å². The molecule has 1 amide bonds. The molecule has 0 bridgehead atoms. The van der Waals surface area contributed by atoms with Crippen LogP contribution in [0.5, 0.6) is 0 Å². The molecule has 6 heteroatoms. The van der Waals surface area contributed by atoms with Crippen molar-refractivity contribution in [3.05, 3.63) is 53.9 Å². The molecule has 25 heavy (non-hydrogen) atoms. The number of carbonyl (C=O) groups is 1. The number of pyridine rings is 1. The zero-order chi connectivity index (χ0) is 17.6. The molecule has 4 rings (SSSR count). The highest BCUT2D eigenvalue weighted by molar-refractivity contribution is 5.84. The van der Waals surface area contributed by atoms with Crippen LogP contribution in [-0.4, -0.2) is 33.4 Å². The number of hydrogen-bond donors (Lipinski definition) is 0. The van der Waals surface area contributed by atoms with Gasteiger partial charge in [-0.2, -0.15) is 0 Å². The number of carbonyl (C=O) groups excluding carboxylic acids is 1. The number of rotatable bonds is 3. The smallest absolute Gasteiger partial charge is 0.242 e. The molecule has 1 aliphatic heterocycles. The summed E-state index contributed by atoms with van der Waals surface area (Å²) in [6, 6.07) is 6.59. The van der Waals surface area contributed by atoms with Crippen LogP contribution in [0.2, 0.25) is 0 Å². The molecule has 0 unspecified atom stereocenters. The third-order valence-electron chi connectivity index (χ3n) is 4.68. The summed E-state index contributed by atoms with van der Waals surface area (Å²) >= 11 is 0. The van der Waals surface area contributed by atoms with E-state index in [4.69, 9.17) is 0 Å². The first-order valence-corrected chi connectivity index (χ1v) is 8.21. The second-order valence-corrected chi connectivity index (χ2v) is 6.39. The highest BCUT2D eigenvalue weighted by Gasteiger charge is 2.21. The first-order chi connectivity index (χ1) is 12.0. The predicted molar refractivity (Wildman–Crippen MR) is 91.0 cm³/mol. The minimum Gasteiger partial charge on any atom is -0.341 e. The Labute approximate surface area is 143 Å². The van der Waals surface area contributed by atoms with E-state index in [1.165, 1.54) is 12.3 Å². The Bertz CT molecular complexity index is 976. The Kier molecular flexibility index (Phi) is 3.75. The number of likely N-dealkylation sites (tertiary alicyclic amines) is 1. The number of halogens is 2. The standard InChI is InChI=1S/C19H17F2N3O/c1-12-7-13(3-4-15(12)20)14-8-17-19(22-9-14)16(21)10-24(17)11-18(25)23-5-2-6-23/h3-4,7-10H,2,5-6,11H2,1H3. The van der Waals surface area contributed by atoms with E-state index >= 15 is 0 Å². The van der Waals surface area contributed by atoms with Crippen molar-refractivity contribution in [2.45, 2.75) is 19.9 Å². The van der Waals surface area contributed by atoms with Crippen LogP contribution in [0.25, 0.3) is 22.2 Å². The molecule has 2 aromatic heterocycles. The molecule has 0 spiro atoms. The molecule has 128 valence electrons. The second kappa shape index (κ2) is 5.95. The van der Waals surface area contributed by atoms with Gasteiger partial charge in [-0.15, -0.1) is 0 Å². The van der Waals surface area contributed by atoms with Crippen LogP contribution >= 0.6 is 0 Å². The minimum absolute atomic E-state index is 0.0221. The fraction of sp³-hybridized carbons (Fsp3) is 0.263. The van der Waals surface area contributed by atoms with Crippen molar-refractivity contribution in [2.75, 3.05) is 13.1 Å². The van der Waals surface area contributed by atoms with E-state index in [1.54, 1.807) is 40.8 Å². The van der Waals surface area contributed by atoms with Crippen LogP contribution in [-0.2, 0) is 11.3 Å². The van der Waals surface area contributed by atoms with E-state index in [1.807, 2.05) is 0 Å². The number of aromatic nitrogens is 2. The third kappa shape index (κ3) is 2.77. The van der Waals surface area contributed by atoms with Gasteiger partial charge in [-0.25, -0.2) is 8.78 Å². The maximum Gasteiger partial charge on any atom is 0.242 e. The molecule has 0 N–H and O–H groups in total. The highest BCUT2D eigenvalue weighted by atomic mass is 19.1. The zero-order valence-electron chi connectivity index (χ0n) is 13.8. The molecule has 4 nitrogen and oxygen atoms in total. The van der Waals surface area contributed by atoms with E-state index in [0.717, 1.165) is 30.6 Å². The monoisotopic (exact) mass is 341 g/mol. The molecular weight excluding hydrogens is 324 g/mol. The molecule has 1 saturated heterocycles. The average molecular weight is 341 g/mol. The van der Waals surface area contributed by atoms with Crippen molar-refractivity contribution in [1.82, 2.24) is 14.5 Å². The molecule has 1 fully saturated rings. The Morgan fingerprint density at radius 1 is 1.16 bits per heavy atom. The molecule has 1 aromatic carbocycles. The van der Waals surface area contributed by atoms with Crippen molar-refractivity contribution < 1.29 is 13.6 Å². The maximum atomic E-state index is 14.1. The lowest BCUT2D eigenvalue weighted by Gasteiger charge is -2.31. The molecule has 0 saturated carbocycles. The Morgan fingerprint density at radius 2 is 1.96 bits per heavy atom. The summed E-state index contributed by atoms with van der Waals surface area (Å²) in [5.74, 6) is -0.744. The number of hydrogen-bond acceptors (Lipinski definition) is 2. The summed E-state index contributed by atoms with van der Waals surface area (Å²) < 4.78 is 29.2. The van der Waals surface area contributed by atoms with Crippen LogP contribution in [0.3, 0.4) is 0 Å². The lowest BCUT2D eigenvalue weighted by atomic mass is 10.0. The van der Waals surface area contributed by atoms with Crippen molar-refractivity contribution >= 4 is 16.9 Å². The fourth-order valence-electron chi connectivity index (χ4n) is 3.05. The van der Waals surface area contributed by atoms with Crippen molar-refractivity contribution in [2.24, 2.45) is 0 Å². The first-order valence-electron chi connectivity index (χ1n) is 8.21. The van der Waals surface area contributed by atoms with Gasteiger partial charge in [0.15, 0.2) is 5.82 Å². The number of nitrogens with zero attached hydrogens (tertiary/aromatic N) is 3. The average Bonchev–Trinajstić information content (AvgIpc) is 2.84. The van der Waals surface area contributed by atoms with Gasteiger partial charge in [0.1, 0.15) is 17.9 Å². The summed E-state index contributed by atoms with van der Waals surface area (Å²) in [6.07, 6.45) is 3.90. The Hall–Kier alpha value is -2.76. The first kappa shape index (κ1) is 15.7. The second-order valence-electron chi connectivity index (χ2n) is 6.39. The van der Waals surface area contributed by atoms with Gasteiger partial charge in [0.25, 0.3) is 0 Å². The van der Waals surface area contributed by atoms with Gasteiger partial charge < -0.3 is 9.47 Å². The van der Waals surface area contributed by atoms with Gasteiger partial charge in [-0.05, 0) is 42.7 Å². The Morgan fingerprint density at radius 3 is 2.64 bits per heavy atom. The van der Waals surface area contributed by atoms with Crippen molar-refractivity contribution in [3.8, 4) is 11.1 Å². The molecule has 0 atom stereocenters. The van der Waals surface area contributed by atoms with Crippen LogP contribution in [0, 0.1) is 18.6 Å². The SMILES string of the molecule is Cc1cc(-c2cnc3c(F)cn(CC(=O)N4CCC4)c3c2)ccc1F. The number of fused-ring (bicyclic) bond motifs is 1. The highest BCUT2D eigenvalue weighted by Crippen LogP contribution is 2.26. The van der Waals surface area contributed by atoms with Gasteiger partial charge in [0, 0.05) is 31.0 Å². The maximum absolute atomic E-state index is 14.1. The summed E-state index contributed by atoms with van der Waals surface area (Å²) in [7, 11) is 0. The van der Waals surface area contributed by atoms with Gasteiger partial charge in [-0.1, -0.05) is 6.07 Å². The van der Waals surface area contributed by atoms with E-state index in [-0.39, 0.29) is 23.8 Å². The van der Waals surface area contributed by atoms with Gasteiger partial charge >= 0.3 is 0 Å². The summed E-state index contributed by atoms with van der Waals surface area (Å²) in [5.41, 5.74) is 2.89. The molecule has 0 aliphatic carbocycles. The van der Waals surface area contributed by atoms with Crippen LogP contribution in [0.4, 0.5) is 8.78 Å². The number of benzene rings is 1. The largest absolute Gasteiger partial charge is 0.341 e. The molecule has 3 aromatic rings. The lowest BCUT2D eigenvalue weighted by molar-refractivity contribution is -0.135. The van der Waals surface area contributed by atoms with Crippen molar-refractivity contribution in [3.63, 3.8) is 0 Å². The van der Waals surface area contributed by atoms with Crippen LogP contribution in [0.15, 0.2) is 36.7 Å². The van der Waals surface area contributed by atoms with Gasteiger partial charge in [0.2, 0.25) is 5.91 Å². The topological polar surface area (TPSA) is 38.1 Å². The minimum atomic E-state index is -0.451. The molecule has 1 aliphatic rings. The lowest BCUT2D eigenvalue weighted by Crippen LogP contribution is -2.43. The fourth-order valence-corrected chi connectivity index (χ4v) is 3.05. The quantitative estimate of drug-likeness (QED) is 0.731. The summed E-state index contributed by atoms with van der Waals surface area (Å²) in [4.78, 5) is 18.2. The Balaban J connectivity index is 1.74. The molecular formula is C19H17F2N3O. The molecule has 0 radical (unpaired) electrons. The van der Waals surface area contributed by atoms with E-state index in [2.05, 4.69) is 4.98 Å². The summed E-state index contributed by atoms with van der Waals surface area (Å²) in [5, 5.41) is 0. The van der Waals surface area contributed by atoms with Crippen LogP contribution < -0.4 is 0 Å².